The number of hydrogen-bond donors (Lipinski definition) is 1. The van der Waals surface area contributed by atoms with Crippen LogP contribution < -0.4 is 5.32 Å². The first-order chi connectivity index (χ1) is 7.79. The van der Waals surface area contributed by atoms with Gasteiger partial charge in [0.25, 0.3) is 0 Å². The monoisotopic (exact) mass is 218 g/mol. The predicted molar refractivity (Wildman–Crippen MR) is 67.2 cm³/mol. The van der Waals surface area contributed by atoms with Crippen LogP contribution in [0.25, 0.3) is 0 Å². The molecule has 1 saturated carbocycles. The molecule has 0 bridgehead atoms. The number of pyridine rings is 1. The number of hydrogen-bond acceptors (Lipinski definition) is 2. The lowest BCUT2D eigenvalue weighted by Crippen LogP contribution is -2.42. The molecule has 1 aliphatic carbocycles. The molecule has 2 heteroatoms. The minimum absolute atomic E-state index is 0.448. The van der Waals surface area contributed by atoms with Gasteiger partial charge in [-0.15, -0.1) is 0 Å². The Morgan fingerprint density at radius 1 is 1.44 bits per heavy atom. The maximum absolute atomic E-state index is 4.47. The number of nitrogens with zero attached hydrogens (tertiary/aromatic N) is 1. The molecule has 0 saturated heterocycles. The van der Waals surface area contributed by atoms with Crippen molar-refractivity contribution >= 4 is 0 Å². The average molecular weight is 218 g/mol. The Bertz CT molecular complexity index is 304. The zero-order valence-corrected chi connectivity index (χ0v) is 10.3. The largest absolute Gasteiger partial charge is 0.306 e. The van der Waals surface area contributed by atoms with Crippen molar-refractivity contribution in [1.29, 1.82) is 0 Å². The topological polar surface area (TPSA) is 24.9 Å². The highest BCUT2D eigenvalue weighted by molar-refractivity contribution is 5.09. The van der Waals surface area contributed by atoms with Crippen LogP contribution in [0.15, 0.2) is 24.4 Å². The summed E-state index contributed by atoms with van der Waals surface area (Å²) in [5.74, 6) is 0.906. The zero-order valence-electron chi connectivity index (χ0n) is 10.3. The summed E-state index contributed by atoms with van der Waals surface area (Å²) in [6, 6.07) is 7.36. The zero-order chi connectivity index (χ0) is 11.4. The van der Waals surface area contributed by atoms with Gasteiger partial charge in [-0.1, -0.05) is 26.3 Å². The summed E-state index contributed by atoms with van der Waals surface area (Å²) in [7, 11) is 0. The molecule has 0 aliphatic heterocycles. The van der Waals surface area contributed by atoms with E-state index in [2.05, 4.69) is 36.3 Å². The van der Waals surface area contributed by atoms with E-state index in [1.807, 2.05) is 12.3 Å². The van der Waals surface area contributed by atoms with E-state index < -0.39 is 0 Å². The number of nitrogens with one attached hydrogen (secondary N) is 1. The second kappa shape index (κ2) is 5.44. The number of rotatable bonds is 5. The van der Waals surface area contributed by atoms with Crippen molar-refractivity contribution in [3.8, 4) is 0 Å². The standard InChI is InChI=1S/C14H22N2/c1-3-6-14(13-7-4-5-8-15-13)16-12-9-11(2)10-12/h4-5,7-8,11-12,14,16H,3,6,9-10H2,1-2H3. The SMILES string of the molecule is CCCC(NC1CC(C)C1)c1ccccn1. The fourth-order valence-electron chi connectivity index (χ4n) is 2.51. The van der Waals surface area contributed by atoms with E-state index in [1.165, 1.54) is 31.4 Å². The molecular weight excluding hydrogens is 196 g/mol. The van der Waals surface area contributed by atoms with Gasteiger partial charge in [-0.3, -0.25) is 4.98 Å². The minimum atomic E-state index is 0.448. The second-order valence-electron chi connectivity index (χ2n) is 5.04. The highest BCUT2D eigenvalue weighted by atomic mass is 15.0. The van der Waals surface area contributed by atoms with Crippen LogP contribution in [0.3, 0.4) is 0 Å². The van der Waals surface area contributed by atoms with E-state index in [9.17, 15) is 0 Å². The summed E-state index contributed by atoms with van der Waals surface area (Å²) in [6.45, 7) is 4.56. The molecule has 0 amide bonds. The minimum Gasteiger partial charge on any atom is -0.306 e. The molecular formula is C14H22N2. The first-order valence-corrected chi connectivity index (χ1v) is 6.46. The highest BCUT2D eigenvalue weighted by Gasteiger charge is 2.27. The molecule has 2 rings (SSSR count). The normalized spacial score (nSPS) is 26.1. The Balaban J connectivity index is 1.94. The van der Waals surface area contributed by atoms with Crippen molar-refractivity contribution in [2.24, 2.45) is 5.92 Å². The van der Waals surface area contributed by atoms with Crippen molar-refractivity contribution < 1.29 is 0 Å². The Morgan fingerprint density at radius 2 is 2.25 bits per heavy atom. The van der Waals surface area contributed by atoms with Crippen LogP contribution in [0.5, 0.6) is 0 Å². The molecule has 0 aromatic carbocycles. The van der Waals surface area contributed by atoms with E-state index in [1.54, 1.807) is 0 Å². The van der Waals surface area contributed by atoms with Crippen molar-refractivity contribution in [3.05, 3.63) is 30.1 Å². The van der Waals surface area contributed by atoms with E-state index in [0.717, 1.165) is 5.92 Å². The molecule has 1 aromatic rings. The lowest BCUT2D eigenvalue weighted by Gasteiger charge is -2.36. The van der Waals surface area contributed by atoms with Gasteiger partial charge in [0.15, 0.2) is 0 Å². The summed E-state index contributed by atoms with van der Waals surface area (Å²) >= 11 is 0. The fourth-order valence-corrected chi connectivity index (χ4v) is 2.51. The smallest absolute Gasteiger partial charge is 0.0573 e. The maximum atomic E-state index is 4.47. The Kier molecular flexibility index (Phi) is 3.94. The summed E-state index contributed by atoms with van der Waals surface area (Å²) in [5.41, 5.74) is 1.20. The lowest BCUT2D eigenvalue weighted by molar-refractivity contribution is 0.217. The molecule has 1 aromatic heterocycles. The van der Waals surface area contributed by atoms with E-state index in [0.29, 0.717) is 12.1 Å². The van der Waals surface area contributed by atoms with E-state index in [4.69, 9.17) is 0 Å². The van der Waals surface area contributed by atoms with Crippen molar-refractivity contribution in [2.45, 2.75) is 51.6 Å². The quantitative estimate of drug-likeness (QED) is 0.820. The molecule has 1 fully saturated rings. The van der Waals surface area contributed by atoms with E-state index >= 15 is 0 Å². The van der Waals surface area contributed by atoms with Crippen LogP contribution in [-0.4, -0.2) is 11.0 Å². The summed E-state index contributed by atoms with van der Waals surface area (Å²) in [4.78, 5) is 4.47. The molecule has 0 spiro atoms. The summed E-state index contributed by atoms with van der Waals surface area (Å²) in [5, 5.41) is 3.74. The van der Waals surface area contributed by atoms with Crippen molar-refractivity contribution in [1.82, 2.24) is 10.3 Å². The van der Waals surface area contributed by atoms with Crippen LogP contribution >= 0.6 is 0 Å². The molecule has 1 N–H and O–H groups in total. The van der Waals surface area contributed by atoms with Crippen molar-refractivity contribution in [3.63, 3.8) is 0 Å². The molecule has 1 aliphatic rings. The Labute approximate surface area is 98.5 Å². The van der Waals surface area contributed by atoms with Gasteiger partial charge in [0, 0.05) is 18.3 Å². The van der Waals surface area contributed by atoms with E-state index in [-0.39, 0.29) is 0 Å². The molecule has 2 nitrogen and oxygen atoms in total. The van der Waals surface area contributed by atoms with Crippen LogP contribution in [0, 0.1) is 5.92 Å². The number of aromatic nitrogens is 1. The third-order valence-corrected chi connectivity index (χ3v) is 3.43. The Morgan fingerprint density at radius 3 is 2.81 bits per heavy atom. The van der Waals surface area contributed by atoms with Gasteiger partial charge in [-0.05, 0) is 37.3 Å². The summed E-state index contributed by atoms with van der Waals surface area (Å²) < 4.78 is 0. The van der Waals surface area contributed by atoms with Gasteiger partial charge in [-0.25, -0.2) is 0 Å². The highest BCUT2D eigenvalue weighted by Crippen LogP contribution is 2.29. The fraction of sp³-hybridized carbons (Fsp3) is 0.643. The van der Waals surface area contributed by atoms with Gasteiger partial charge in [-0.2, -0.15) is 0 Å². The molecule has 88 valence electrons. The van der Waals surface area contributed by atoms with Gasteiger partial charge in [0.2, 0.25) is 0 Å². The summed E-state index contributed by atoms with van der Waals surface area (Å²) in [6.07, 6.45) is 6.93. The molecule has 1 unspecified atom stereocenters. The Hall–Kier alpha value is -0.890. The second-order valence-corrected chi connectivity index (χ2v) is 5.04. The van der Waals surface area contributed by atoms with Crippen LogP contribution in [0.4, 0.5) is 0 Å². The van der Waals surface area contributed by atoms with Gasteiger partial charge in [0.05, 0.1) is 5.69 Å². The van der Waals surface area contributed by atoms with Crippen LogP contribution in [0.2, 0.25) is 0 Å². The molecule has 16 heavy (non-hydrogen) atoms. The molecule has 0 radical (unpaired) electrons. The first-order valence-electron chi connectivity index (χ1n) is 6.46. The first kappa shape index (κ1) is 11.6. The van der Waals surface area contributed by atoms with Crippen LogP contribution in [-0.2, 0) is 0 Å². The maximum Gasteiger partial charge on any atom is 0.0573 e. The third kappa shape index (κ3) is 2.82. The molecule has 1 atom stereocenters. The lowest BCUT2D eigenvalue weighted by atomic mass is 9.81. The third-order valence-electron chi connectivity index (χ3n) is 3.43. The van der Waals surface area contributed by atoms with Gasteiger partial charge >= 0.3 is 0 Å². The van der Waals surface area contributed by atoms with Gasteiger partial charge < -0.3 is 5.32 Å². The molecule has 1 heterocycles. The van der Waals surface area contributed by atoms with Crippen LogP contribution in [0.1, 0.15) is 51.3 Å². The predicted octanol–water partition coefficient (Wildman–Crippen LogP) is 3.31. The average Bonchev–Trinajstić information content (AvgIpc) is 2.27. The van der Waals surface area contributed by atoms with Crippen molar-refractivity contribution in [2.75, 3.05) is 0 Å². The van der Waals surface area contributed by atoms with Gasteiger partial charge in [0.1, 0.15) is 0 Å².